The van der Waals surface area contributed by atoms with Crippen LogP contribution in [0.25, 0.3) is 16.6 Å². The molecule has 138 valence electrons. The maximum Gasteiger partial charge on any atom is 0.326 e. The normalized spacial score (nSPS) is 13.1. The van der Waals surface area contributed by atoms with Crippen molar-refractivity contribution in [1.82, 2.24) is 14.5 Å². The zero-order chi connectivity index (χ0) is 19.6. The van der Waals surface area contributed by atoms with Gasteiger partial charge in [0.1, 0.15) is 18.2 Å². The van der Waals surface area contributed by atoms with Gasteiger partial charge in [0.15, 0.2) is 17.7 Å². The quantitative estimate of drug-likeness (QED) is 0.396. The zero-order valence-electron chi connectivity index (χ0n) is 14.6. The van der Waals surface area contributed by atoms with Crippen molar-refractivity contribution in [2.24, 2.45) is 0 Å². The molecule has 1 aromatic carbocycles. The number of allylic oxidation sites excluding steroid dienone is 1. The number of aliphatic hydroxyl groups excluding tert-OH is 1. The van der Waals surface area contributed by atoms with E-state index < -0.39 is 17.8 Å². The van der Waals surface area contributed by atoms with Crippen LogP contribution in [-0.2, 0) is 16.1 Å². The number of carbonyl (C=O) groups excluding carboxylic acids is 1. The van der Waals surface area contributed by atoms with Crippen molar-refractivity contribution in [1.29, 1.82) is 5.26 Å². The van der Waals surface area contributed by atoms with E-state index in [1.54, 1.807) is 30.5 Å². The van der Waals surface area contributed by atoms with Crippen LogP contribution in [0.4, 0.5) is 0 Å². The summed E-state index contributed by atoms with van der Waals surface area (Å²) in [6.07, 6.45) is -1.07. The van der Waals surface area contributed by atoms with Crippen LogP contribution in [0, 0.1) is 18.3 Å². The highest BCUT2D eigenvalue weighted by molar-refractivity contribution is 7.07. The van der Waals surface area contributed by atoms with Gasteiger partial charge in [-0.3, -0.25) is 14.2 Å². The standard InChI is InChI=1S/C18H16N4O4S/c1-10-9-27-18(25)22(10)8-15(23)26-11(2)16(24)12(7-19)17-20-13-5-3-4-6-14(13)21-17/h3-6,9,11,24H,8H2,1-2H3,(H,20,21)/b16-12-/t11-/m0/s1. The smallest absolute Gasteiger partial charge is 0.326 e. The SMILES string of the molecule is Cc1csc(=O)n1CC(=O)O[C@@H](C)/C(O)=C(\C#N)c1nc2ccccc2[nH]1. The Morgan fingerprint density at radius 2 is 2.22 bits per heavy atom. The molecule has 2 N–H and O–H groups in total. The van der Waals surface area contributed by atoms with E-state index in [2.05, 4.69) is 9.97 Å². The first kappa shape index (κ1) is 18.4. The second-order valence-corrected chi connectivity index (χ2v) is 6.66. The van der Waals surface area contributed by atoms with Gasteiger partial charge in [0.2, 0.25) is 0 Å². The number of thiazole rings is 1. The molecule has 0 aliphatic rings. The molecule has 27 heavy (non-hydrogen) atoms. The Labute approximate surface area is 158 Å². The summed E-state index contributed by atoms with van der Waals surface area (Å²) in [5, 5.41) is 21.5. The van der Waals surface area contributed by atoms with Gasteiger partial charge in [0, 0.05) is 11.1 Å². The number of para-hydroxylation sites is 2. The number of rotatable bonds is 5. The largest absolute Gasteiger partial charge is 0.507 e. The van der Waals surface area contributed by atoms with Crippen molar-refractivity contribution >= 4 is 33.9 Å². The molecular formula is C18H16N4O4S. The predicted molar refractivity (Wildman–Crippen MR) is 100 cm³/mol. The molecule has 0 fully saturated rings. The Hall–Kier alpha value is -3.38. The fourth-order valence-corrected chi connectivity index (χ4v) is 3.26. The van der Waals surface area contributed by atoms with Gasteiger partial charge in [-0.2, -0.15) is 5.26 Å². The van der Waals surface area contributed by atoms with Crippen LogP contribution in [0.15, 0.2) is 40.2 Å². The molecule has 2 heterocycles. The molecular weight excluding hydrogens is 368 g/mol. The molecule has 0 aliphatic heterocycles. The number of fused-ring (bicyclic) bond motifs is 1. The van der Waals surface area contributed by atoms with E-state index in [1.165, 1.54) is 11.5 Å². The summed E-state index contributed by atoms with van der Waals surface area (Å²) >= 11 is 0.991. The van der Waals surface area contributed by atoms with E-state index >= 15 is 0 Å². The minimum atomic E-state index is -1.07. The number of hydrogen-bond acceptors (Lipinski definition) is 7. The molecule has 0 amide bonds. The van der Waals surface area contributed by atoms with Crippen LogP contribution >= 0.6 is 11.3 Å². The number of carbonyl (C=O) groups is 1. The van der Waals surface area contributed by atoms with Crippen LogP contribution in [0.2, 0.25) is 0 Å². The van der Waals surface area contributed by atoms with Crippen molar-refractivity contribution in [3.63, 3.8) is 0 Å². The summed E-state index contributed by atoms with van der Waals surface area (Å²) in [6, 6.07) is 9.08. The van der Waals surface area contributed by atoms with Gasteiger partial charge in [-0.1, -0.05) is 23.5 Å². The Balaban J connectivity index is 1.81. The van der Waals surface area contributed by atoms with E-state index in [1.807, 2.05) is 12.1 Å². The van der Waals surface area contributed by atoms with E-state index in [0.29, 0.717) is 16.7 Å². The van der Waals surface area contributed by atoms with Gasteiger partial charge in [-0.25, -0.2) is 4.98 Å². The molecule has 0 saturated heterocycles. The summed E-state index contributed by atoms with van der Waals surface area (Å²) in [6.45, 7) is 2.89. The van der Waals surface area contributed by atoms with E-state index in [4.69, 9.17) is 4.74 Å². The van der Waals surface area contributed by atoms with Gasteiger partial charge in [0.05, 0.1) is 11.0 Å². The van der Waals surface area contributed by atoms with Crippen LogP contribution in [0.3, 0.4) is 0 Å². The number of hydrogen-bond donors (Lipinski definition) is 2. The Morgan fingerprint density at radius 3 is 2.85 bits per heavy atom. The lowest BCUT2D eigenvalue weighted by atomic mass is 10.2. The van der Waals surface area contributed by atoms with Gasteiger partial charge in [-0.15, -0.1) is 0 Å². The maximum atomic E-state index is 12.1. The number of benzene rings is 1. The highest BCUT2D eigenvalue weighted by Gasteiger charge is 2.21. The van der Waals surface area contributed by atoms with Gasteiger partial charge in [-0.05, 0) is 26.0 Å². The lowest BCUT2D eigenvalue weighted by Crippen LogP contribution is -2.26. The monoisotopic (exact) mass is 384 g/mol. The first-order valence-electron chi connectivity index (χ1n) is 8.03. The van der Waals surface area contributed by atoms with E-state index in [-0.39, 0.29) is 22.8 Å². The first-order chi connectivity index (χ1) is 12.9. The zero-order valence-corrected chi connectivity index (χ0v) is 15.4. The number of nitrogens with zero attached hydrogens (tertiary/aromatic N) is 3. The number of nitrogens with one attached hydrogen (secondary N) is 1. The van der Waals surface area contributed by atoms with Gasteiger partial charge in [0.25, 0.3) is 0 Å². The third-order valence-electron chi connectivity index (χ3n) is 3.95. The number of aromatic amines is 1. The summed E-state index contributed by atoms with van der Waals surface area (Å²) in [7, 11) is 0. The number of ether oxygens (including phenoxy) is 1. The predicted octanol–water partition coefficient (Wildman–Crippen LogP) is 2.52. The molecule has 1 atom stereocenters. The summed E-state index contributed by atoms with van der Waals surface area (Å²) in [5.41, 5.74) is 1.89. The topological polar surface area (TPSA) is 121 Å². The van der Waals surface area contributed by atoms with Crippen molar-refractivity contribution in [3.05, 3.63) is 56.6 Å². The summed E-state index contributed by atoms with van der Waals surface area (Å²) in [5.74, 6) is -0.928. The fraction of sp³-hybridized carbons (Fsp3) is 0.222. The fourth-order valence-electron chi connectivity index (χ4n) is 2.52. The second kappa shape index (κ2) is 7.47. The van der Waals surface area contributed by atoms with E-state index in [9.17, 15) is 20.0 Å². The van der Waals surface area contributed by atoms with E-state index in [0.717, 1.165) is 11.3 Å². The number of aliphatic hydroxyl groups is 1. The molecule has 0 bridgehead atoms. The minimum absolute atomic E-state index is 0.115. The number of aryl methyl sites for hydroxylation is 1. The minimum Gasteiger partial charge on any atom is -0.507 e. The van der Waals surface area contributed by atoms with Gasteiger partial charge < -0.3 is 14.8 Å². The van der Waals surface area contributed by atoms with Crippen molar-refractivity contribution in [2.45, 2.75) is 26.5 Å². The van der Waals surface area contributed by atoms with Crippen LogP contribution in [0.1, 0.15) is 18.4 Å². The number of aromatic nitrogens is 3. The number of imidazole rings is 1. The van der Waals surface area contributed by atoms with Gasteiger partial charge >= 0.3 is 10.8 Å². The van der Waals surface area contributed by atoms with Crippen LogP contribution < -0.4 is 4.87 Å². The van der Waals surface area contributed by atoms with Crippen molar-refractivity contribution in [3.8, 4) is 6.07 Å². The Bertz CT molecular complexity index is 1100. The molecule has 3 aromatic rings. The number of nitriles is 1. The average molecular weight is 384 g/mol. The molecule has 3 rings (SSSR count). The van der Waals surface area contributed by atoms with Crippen molar-refractivity contribution in [2.75, 3.05) is 0 Å². The molecule has 9 heteroatoms. The molecule has 0 saturated carbocycles. The third kappa shape index (κ3) is 3.75. The Kier molecular flexibility index (Phi) is 5.09. The van der Waals surface area contributed by atoms with Crippen LogP contribution in [-0.4, -0.2) is 31.7 Å². The molecule has 0 unspecified atom stereocenters. The summed E-state index contributed by atoms with van der Waals surface area (Å²) in [4.78, 5) is 30.7. The third-order valence-corrected chi connectivity index (χ3v) is 4.83. The number of esters is 1. The Morgan fingerprint density at radius 1 is 1.48 bits per heavy atom. The molecule has 0 aliphatic carbocycles. The maximum absolute atomic E-state index is 12.1. The molecule has 0 spiro atoms. The average Bonchev–Trinajstić information content (AvgIpc) is 3.20. The molecule has 0 radical (unpaired) electrons. The second-order valence-electron chi connectivity index (χ2n) is 5.84. The molecule has 2 aromatic heterocycles. The van der Waals surface area contributed by atoms with Crippen molar-refractivity contribution < 1.29 is 14.6 Å². The summed E-state index contributed by atoms with van der Waals surface area (Å²) < 4.78 is 6.46. The lowest BCUT2D eigenvalue weighted by molar-refractivity contribution is -0.148. The first-order valence-corrected chi connectivity index (χ1v) is 8.91. The molecule has 8 nitrogen and oxygen atoms in total. The number of H-pyrrole nitrogens is 1. The highest BCUT2D eigenvalue weighted by atomic mass is 32.1. The highest BCUT2D eigenvalue weighted by Crippen LogP contribution is 2.21. The van der Waals surface area contributed by atoms with Crippen LogP contribution in [0.5, 0.6) is 0 Å². The lowest BCUT2D eigenvalue weighted by Gasteiger charge is -2.14.